The number of ketones is 2. The highest BCUT2D eigenvalue weighted by Gasteiger charge is 2.48. The van der Waals surface area contributed by atoms with Gasteiger partial charge in [-0.25, -0.2) is 0 Å². The molecule has 2 aliphatic heterocycles. The summed E-state index contributed by atoms with van der Waals surface area (Å²) in [5.74, 6) is -0.131. The average Bonchev–Trinajstić information content (AvgIpc) is 2.77. The zero-order chi connectivity index (χ0) is 14.3. The third kappa shape index (κ3) is 1.80. The summed E-state index contributed by atoms with van der Waals surface area (Å²) < 4.78 is 10.7. The first-order chi connectivity index (χ1) is 9.55. The van der Waals surface area contributed by atoms with Crippen LogP contribution in [0.25, 0.3) is 0 Å². The first-order valence-electron chi connectivity index (χ1n) is 6.36. The molecule has 102 valence electrons. The molecule has 1 aromatic rings. The number of hydrogen-bond acceptors (Lipinski definition) is 4. The van der Waals surface area contributed by atoms with Crippen LogP contribution in [0.5, 0.6) is 0 Å². The van der Waals surface area contributed by atoms with Gasteiger partial charge in [-0.1, -0.05) is 30.3 Å². The molecule has 20 heavy (non-hydrogen) atoms. The summed E-state index contributed by atoms with van der Waals surface area (Å²) in [5, 5.41) is 0. The van der Waals surface area contributed by atoms with Crippen molar-refractivity contribution in [3.8, 4) is 0 Å². The van der Waals surface area contributed by atoms with Gasteiger partial charge in [-0.2, -0.15) is 0 Å². The van der Waals surface area contributed by atoms with Crippen molar-refractivity contribution >= 4 is 11.6 Å². The molecule has 0 saturated heterocycles. The monoisotopic (exact) mass is 270 g/mol. The number of benzene rings is 1. The predicted molar refractivity (Wildman–Crippen MR) is 72.2 cm³/mol. The quantitative estimate of drug-likeness (QED) is 0.789. The topological polar surface area (TPSA) is 52.6 Å². The molecule has 0 radical (unpaired) electrons. The summed E-state index contributed by atoms with van der Waals surface area (Å²) >= 11 is 0. The molecule has 4 heteroatoms. The highest BCUT2D eigenvalue weighted by atomic mass is 16.5. The molecule has 2 unspecified atom stereocenters. The van der Waals surface area contributed by atoms with Gasteiger partial charge in [0.1, 0.15) is 11.7 Å². The maximum absolute atomic E-state index is 12.6. The van der Waals surface area contributed by atoms with Crippen LogP contribution in [0, 0.1) is 0 Å². The number of rotatable bonds is 3. The van der Waals surface area contributed by atoms with Crippen LogP contribution in [0.15, 0.2) is 53.8 Å². The van der Waals surface area contributed by atoms with E-state index < -0.39 is 11.7 Å². The first kappa shape index (κ1) is 12.8. The van der Waals surface area contributed by atoms with Gasteiger partial charge < -0.3 is 9.47 Å². The normalized spacial score (nSPS) is 27.9. The molecule has 1 aromatic carbocycles. The molecule has 4 nitrogen and oxygen atoms in total. The molecule has 2 aliphatic rings. The summed E-state index contributed by atoms with van der Waals surface area (Å²) in [5.41, 5.74) is 0.154. The van der Waals surface area contributed by atoms with Crippen molar-refractivity contribution in [3.63, 3.8) is 0 Å². The van der Waals surface area contributed by atoms with Gasteiger partial charge in [-0.3, -0.25) is 9.59 Å². The number of carbonyl (C=O) groups is 2. The minimum atomic E-state index is -0.906. The van der Waals surface area contributed by atoms with Gasteiger partial charge in [0.15, 0.2) is 11.5 Å². The van der Waals surface area contributed by atoms with E-state index in [4.69, 9.17) is 9.47 Å². The van der Waals surface area contributed by atoms with E-state index in [1.807, 2.05) is 6.07 Å². The molecule has 0 aliphatic carbocycles. The van der Waals surface area contributed by atoms with Crippen molar-refractivity contribution in [2.45, 2.75) is 18.6 Å². The largest absolute Gasteiger partial charge is 0.493 e. The average molecular weight is 270 g/mol. The highest BCUT2D eigenvalue weighted by molar-refractivity contribution is 6.13. The van der Waals surface area contributed by atoms with Crippen LogP contribution >= 0.6 is 0 Å². The van der Waals surface area contributed by atoms with E-state index in [0.29, 0.717) is 11.1 Å². The zero-order valence-electron chi connectivity index (χ0n) is 11.3. The van der Waals surface area contributed by atoms with Gasteiger partial charge in [0.05, 0.1) is 7.11 Å². The van der Waals surface area contributed by atoms with Gasteiger partial charge in [0, 0.05) is 11.1 Å². The van der Waals surface area contributed by atoms with Crippen LogP contribution < -0.4 is 0 Å². The van der Waals surface area contributed by atoms with Crippen LogP contribution in [0.4, 0.5) is 0 Å². The zero-order valence-corrected chi connectivity index (χ0v) is 11.3. The summed E-state index contributed by atoms with van der Waals surface area (Å²) in [7, 11) is 1.44. The Morgan fingerprint density at radius 2 is 2.00 bits per heavy atom. The second-order valence-electron chi connectivity index (χ2n) is 5.00. The Bertz CT molecular complexity index is 642. The van der Waals surface area contributed by atoms with Crippen LogP contribution in [0.3, 0.4) is 0 Å². The predicted octanol–water partition coefficient (Wildman–Crippen LogP) is 2.07. The molecule has 2 atom stereocenters. The number of Topliss-reactive ketones (excluding diaryl/α,β-unsaturated/α-hetero) is 2. The fourth-order valence-corrected chi connectivity index (χ4v) is 2.59. The van der Waals surface area contributed by atoms with Crippen molar-refractivity contribution in [3.05, 3.63) is 59.4 Å². The van der Waals surface area contributed by atoms with Crippen LogP contribution in [0.1, 0.15) is 17.3 Å². The van der Waals surface area contributed by atoms with E-state index in [0.717, 1.165) is 0 Å². The lowest BCUT2D eigenvalue weighted by atomic mass is 9.90. The Labute approximate surface area is 116 Å². The first-order valence-corrected chi connectivity index (χ1v) is 6.36. The number of hydrogen-bond donors (Lipinski definition) is 0. The Morgan fingerprint density at radius 1 is 1.30 bits per heavy atom. The van der Waals surface area contributed by atoms with Crippen molar-refractivity contribution in [2.24, 2.45) is 0 Å². The maximum atomic E-state index is 12.6. The molecule has 2 heterocycles. The molecule has 0 spiro atoms. The molecule has 2 bridgehead atoms. The van der Waals surface area contributed by atoms with Gasteiger partial charge >= 0.3 is 0 Å². The fraction of sp³-hybridized carbons (Fsp3) is 0.250. The second-order valence-corrected chi connectivity index (χ2v) is 5.00. The molecule has 0 saturated carbocycles. The Hall–Kier alpha value is -2.20. The molecule has 0 fully saturated rings. The van der Waals surface area contributed by atoms with Crippen molar-refractivity contribution < 1.29 is 19.1 Å². The molecule has 0 aromatic heterocycles. The molecular formula is C16H14O4. The van der Waals surface area contributed by atoms with Gasteiger partial charge in [0.25, 0.3) is 0 Å². The van der Waals surface area contributed by atoms with E-state index in [-0.39, 0.29) is 17.3 Å². The Kier molecular flexibility index (Phi) is 2.83. The Morgan fingerprint density at radius 3 is 2.65 bits per heavy atom. The number of ether oxygens (including phenoxy) is 2. The summed E-state index contributed by atoms with van der Waals surface area (Å²) in [6, 6.07) is 8.96. The minimum absolute atomic E-state index is 0.128. The maximum Gasteiger partial charge on any atom is 0.229 e. The standard InChI is InChI=1S/C16H14O4/c1-16-9-13(19-2)15(18)12(20-16)8-11(16)14(17)10-6-4-3-5-7-10/h3-9,12H,1-2H3. The van der Waals surface area contributed by atoms with Crippen molar-refractivity contribution in [1.82, 2.24) is 0 Å². The summed E-state index contributed by atoms with van der Waals surface area (Å²) in [6.45, 7) is 1.77. The van der Waals surface area contributed by atoms with Gasteiger partial charge in [0.2, 0.25) is 5.78 Å². The van der Waals surface area contributed by atoms with Gasteiger partial charge in [-0.15, -0.1) is 0 Å². The lowest BCUT2D eigenvalue weighted by Crippen LogP contribution is -2.38. The van der Waals surface area contributed by atoms with Gasteiger partial charge in [-0.05, 0) is 19.1 Å². The molecule has 0 N–H and O–H groups in total. The SMILES string of the molecule is COC1=CC2(C)OC(C=C2C(=O)c2ccccc2)C1=O. The summed E-state index contributed by atoms with van der Waals surface area (Å²) in [4.78, 5) is 24.6. The number of fused-ring (bicyclic) bond motifs is 2. The molecule has 0 amide bonds. The number of carbonyl (C=O) groups excluding carboxylic acids is 2. The number of methoxy groups -OCH3 is 1. The van der Waals surface area contributed by atoms with E-state index in [1.54, 1.807) is 43.3 Å². The third-order valence-corrected chi connectivity index (χ3v) is 3.63. The van der Waals surface area contributed by atoms with Crippen LogP contribution in [-0.4, -0.2) is 30.4 Å². The van der Waals surface area contributed by atoms with Crippen LogP contribution in [-0.2, 0) is 14.3 Å². The van der Waals surface area contributed by atoms with E-state index in [1.165, 1.54) is 7.11 Å². The third-order valence-electron chi connectivity index (χ3n) is 3.63. The van der Waals surface area contributed by atoms with E-state index >= 15 is 0 Å². The highest BCUT2D eigenvalue weighted by Crippen LogP contribution is 2.39. The summed E-state index contributed by atoms with van der Waals surface area (Å²) in [6.07, 6.45) is 2.44. The van der Waals surface area contributed by atoms with E-state index in [2.05, 4.69) is 0 Å². The van der Waals surface area contributed by atoms with Crippen molar-refractivity contribution in [1.29, 1.82) is 0 Å². The lowest BCUT2D eigenvalue weighted by molar-refractivity contribution is -0.132. The minimum Gasteiger partial charge on any atom is -0.493 e. The smallest absolute Gasteiger partial charge is 0.229 e. The van der Waals surface area contributed by atoms with Crippen LogP contribution in [0.2, 0.25) is 0 Å². The Balaban J connectivity index is 2.03. The molecular weight excluding hydrogens is 256 g/mol. The fourth-order valence-electron chi connectivity index (χ4n) is 2.59. The second kappa shape index (κ2) is 4.42. The van der Waals surface area contributed by atoms with E-state index in [9.17, 15) is 9.59 Å². The lowest BCUT2D eigenvalue weighted by Gasteiger charge is -2.29. The molecule has 3 rings (SSSR count). The van der Waals surface area contributed by atoms with Crippen molar-refractivity contribution in [2.75, 3.05) is 7.11 Å².